The first-order valence-corrected chi connectivity index (χ1v) is 6.53. The van der Waals surface area contributed by atoms with Crippen molar-refractivity contribution in [3.8, 4) is 17.1 Å². The molecule has 106 valence electrons. The SMILES string of the molecule is COCOc1cccc2oc(-c3ccccc3)cc(=O)c12. The largest absolute Gasteiger partial charge is 0.467 e. The van der Waals surface area contributed by atoms with Crippen molar-refractivity contribution >= 4 is 11.0 Å². The number of ether oxygens (including phenoxy) is 2. The van der Waals surface area contributed by atoms with Crippen LogP contribution in [0.25, 0.3) is 22.3 Å². The third-order valence-corrected chi connectivity index (χ3v) is 3.11. The van der Waals surface area contributed by atoms with E-state index in [1.54, 1.807) is 18.2 Å². The van der Waals surface area contributed by atoms with Gasteiger partial charge in [-0.1, -0.05) is 36.4 Å². The third kappa shape index (κ3) is 2.66. The summed E-state index contributed by atoms with van der Waals surface area (Å²) in [7, 11) is 1.53. The molecule has 3 rings (SSSR count). The molecule has 3 aromatic rings. The molecule has 4 nitrogen and oxygen atoms in total. The Morgan fingerprint density at radius 1 is 1.05 bits per heavy atom. The van der Waals surface area contributed by atoms with E-state index in [9.17, 15) is 4.79 Å². The summed E-state index contributed by atoms with van der Waals surface area (Å²) < 4.78 is 16.1. The number of hydrogen-bond acceptors (Lipinski definition) is 4. The van der Waals surface area contributed by atoms with Crippen LogP contribution in [0.2, 0.25) is 0 Å². The number of fused-ring (bicyclic) bond motifs is 1. The van der Waals surface area contributed by atoms with Crippen molar-refractivity contribution < 1.29 is 13.9 Å². The smallest absolute Gasteiger partial charge is 0.197 e. The highest BCUT2D eigenvalue weighted by Gasteiger charge is 2.11. The molecule has 1 heterocycles. The Morgan fingerprint density at radius 2 is 1.86 bits per heavy atom. The van der Waals surface area contributed by atoms with Gasteiger partial charge < -0.3 is 13.9 Å². The number of hydrogen-bond donors (Lipinski definition) is 0. The van der Waals surface area contributed by atoms with Gasteiger partial charge in [-0.05, 0) is 12.1 Å². The number of rotatable bonds is 4. The predicted octanol–water partition coefficient (Wildman–Crippen LogP) is 3.44. The minimum atomic E-state index is -0.137. The van der Waals surface area contributed by atoms with E-state index in [2.05, 4.69) is 0 Å². The van der Waals surface area contributed by atoms with E-state index in [1.807, 2.05) is 30.3 Å². The van der Waals surface area contributed by atoms with Gasteiger partial charge in [0.15, 0.2) is 12.2 Å². The standard InChI is InChI=1S/C17H14O4/c1-19-11-20-14-8-5-9-15-17(14)13(18)10-16(21-15)12-6-3-2-4-7-12/h2-10H,11H2,1H3. The van der Waals surface area contributed by atoms with E-state index in [1.165, 1.54) is 13.2 Å². The molecule has 1 aromatic heterocycles. The van der Waals surface area contributed by atoms with Crippen LogP contribution in [-0.4, -0.2) is 13.9 Å². The van der Waals surface area contributed by atoms with Crippen LogP contribution in [-0.2, 0) is 4.74 Å². The Kier molecular flexibility index (Phi) is 3.71. The zero-order valence-electron chi connectivity index (χ0n) is 11.5. The maximum absolute atomic E-state index is 12.4. The van der Waals surface area contributed by atoms with Gasteiger partial charge in [0.25, 0.3) is 0 Å². The Hall–Kier alpha value is -2.59. The van der Waals surface area contributed by atoms with Gasteiger partial charge in [-0.3, -0.25) is 4.79 Å². The van der Waals surface area contributed by atoms with Crippen LogP contribution in [0.5, 0.6) is 5.75 Å². The molecule has 0 bridgehead atoms. The predicted molar refractivity (Wildman–Crippen MR) is 80.4 cm³/mol. The molecule has 0 unspecified atom stereocenters. The summed E-state index contributed by atoms with van der Waals surface area (Å²) in [6.45, 7) is 0.0823. The molecule has 0 aliphatic rings. The molecule has 21 heavy (non-hydrogen) atoms. The minimum Gasteiger partial charge on any atom is -0.467 e. The fourth-order valence-electron chi connectivity index (χ4n) is 2.17. The van der Waals surface area contributed by atoms with Crippen molar-refractivity contribution in [2.75, 3.05) is 13.9 Å². The zero-order chi connectivity index (χ0) is 14.7. The number of methoxy groups -OCH3 is 1. The van der Waals surface area contributed by atoms with E-state index in [0.29, 0.717) is 22.5 Å². The second kappa shape index (κ2) is 5.81. The van der Waals surface area contributed by atoms with Crippen molar-refractivity contribution in [1.82, 2.24) is 0 Å². The van der Waals surface area contributed by atoms with E-state index in [-0.39, 0.29) is 12.2 Å². The first kappa shape index (κ1) is 13.4. The molecule has 0 saturated heterocycles. The van der Waals surface area contributed by atoms with E-state index in [0.717, 1.165) is 5.56 Å². The molecule has 0 aliphatic heterocycles. The molecule has 0 N–H and O–H groups in total. The van der Waals surface area contributed by atoms with Gasteiger partial charge in [-0.15, -0.1) is 0 Å². The molecule has 0 atom stereocenters. The molecule has 2 aromatic carbocycles. The van der Waals surface area contributed by atoms with Gasteiger partial charge in [-0.25, -0.2) is 0 Å². The average molecular weight is 282 g/mol. The molecule has 0 amide bonds. The van der Waals surface area contributed by atoms with Gasteiger partial charge >= 0.3 is 0 Å². The van der Waals surface area contributed by atoms with Gasteiger partial charge in [0.2, 0.25) is 0 Å². The maximum atomic E-state index is 12.4. The zero-order valence-corrected chi connectivity index (χ0v) is 11.5. The second-order valence-corrected chi connectivity index (χ2v) is 4.52. The normalized spacial score (nSPS) is 10.7. The van der Waals surface area contributed by atoms with E-state index >= 15 is 0 Å². The summed E-state index contributed by atoms with van der Waals surface area (Å²) in [4.78, 5) is 12.4. The van der Waals surface area contributed by atoms with Gasteiger partial charge in [0, 0.05) is 18.7 Å². The molecule has 0 spiro atoms. The summed E-state index contributed by atoms with van der Waals surface area (Å²) in [5.74, 6) is 1.000. The molecular formula is C17H14O4. The lowest BCUT2D eigenvalue weighted by Crippen LogP contribution is -2.05. The average Bonchev–Trinajstić information content (AvgIpc) is 2.53. The Morgan fingerprint density at radius 3 is 2.62 bits per heavy atom. The molecular weight excluding hydrogens is 268 g/mol. The first-order valence-electron chi connectivity index (χ1n) is 6.53. The lowest BCUT2D eigenvalue weighted by molar-refractivity contribution is 0.0521. The Balaban J connectivity index is 2.16. The molecule has 0 aliphatic carbocycles. The van der Waals surface area contributed by atoms with Crippen molar-refractivity contribution in [3.05, 3.63) is 64.8 Å². The summed E-state index contributed by atoms with van der Waals surface area (Å²) >= 11 is 0. The lowest BCUT2D eigenvalue weighted by atomic mass is 10.1. The van der Waals surface area contributed by atoms with Crippen LogP contribution in [0.15, 0.2) is 63.8 Å². The van der Waals surface area contributed by atoms with Crippen molar-refractivity contribution in [2.45, 2.75) is 0 Å². The number of benzene rings is 2. The third-order valence-electron chi connectivity index (χ3n) is 3.11. The highest BCUT2D eigenvalue weighted by molar-refractivity contribution is 5.84. The molecule has 4 heteroatoms. The monoisotopic (exact) mass is 282 g/mol. The van der Waals surface area contributed by atoms with Crippen LogP contribution in [0, 0.1) is 0 Å². The van der Waals surface area contributed by atoms with Crippen molar-refractivity contribution in [3.63, 3.8) is 0 Å². The summed E-state index contributed by atoms with van der Waals surface area (Å²) in [5, 5.41) is 0.425. The topological polar surface area (TPSA) is 48.7 Å². The van der Waals surface area contributed by atoms with Gasteiger partial charge in [0.05, 0.1) is 0 Å². The summed E-state index contributed by atoms with van der Waals surface area (Å²) in [6, 6.07) is 16.3. The van der Waals surface area contributed by atoms with Crippen LogP contribution >= 0.6 is 0 Å². The lowest BCUT2D eigenvalue weighted by Gasteiger charge is -2.08. The summed E-state index contributed by atoms with van der Waals surface area (Å²) in [5.41, 5.74) is 1.22. The van der Waals surface area contributed by atoms with Crippen LogP contribution in [0.1, 0.15) is 0 Å². The summed E-state index contributed by atoms with van der Waals surface area (Å²) in [6.07, 6.45) is 0. The quantitative estimate of drug-likeness (QED) is 0.688. The highest BCUT2D eigenvalue weighted by atomic mass is 16.7. The van der Waals surface area contributed by atoms with E-state index < -0.39 is 0 Å². The van der Waals surface area contributed by atoms with Crippen LogP contribution < -0.4 is 10.2 Å². The minimum absolute atomic E-state index is 0.0823. The first-order chi connectivity index (χ1) is 10.3. The van der Waals surface area contributed by atoms with Crippen molar-refractivity contribution in [2.24, 2.45) is 0 Å². The highest BCUT2D eigenvalue weighted by Crippen LogP contribution is 2.27. The van der Waals surface area contributed by atoms with Gasteiger partial charge in [0.1, 0.15) is 22.5 Å². The van der Waals surface area contributed by atoms with Crippen LogP contribution in [0.3, 0.4) is 0 Å². The van der Waals surface area contributed by atoms with Crippen molar-refractivity contribution in [1.29, 1.82) is 0 Å². The second-order valence-electron chi connectivity index (χ2n) is 4.52. The Labute approximate surface area is 121 Å². The molecule has 0 radical (unpaired) electrons. The fourth-order valence-corrected chi connectivity index (χ4v) is 2.17. The fraction of sp³-hybridized carbons (Fsp3) is 0.118. The molecule has 0 fully saturated rings. The van der Waals surface area contributed by atoms with E-state index in [4.69, 9.17) is 13.9 Å². The molecule has 0 saturated carbocycles. The van der Waals surface area contributed by atoms with Gasteiger partial charge in [-0.2, -0.15) is 0 Å². The Bertz CT molecular complexity index is 806. The van der Waals surface area contributed by atoms with Crippen LogP contribution in [0.4, 0.5) is 0 Å². The maximum Gasteiger partial charge on any atom is 0.197 e.